The number of tetrazole rings is 1. The van der Waals surface area contributed by atoms with Crippen LogP contribution in [0.4, 0.5) is 0 Å². The highest BCUT2D eigenvalue weighted by atomic mass is 15.6. The lowest BCUT2D eigenvalue weighted by atomic mass is 9.94. The van der Waals surface area contributed by atoms with Crippen molar-refractivity contribution in [2.75, 3.05) is 13.1 Å². The van der Waals surface area contributed by atoms with Crippen molar-refractivity contribution in [3.8, 4) is 0 Å². The van der Waals surface area contributed by atoms with Gasteiger partial charge in [-0.15, -0.1) is 5.10 Å². The van der Waals surface area contributed by atoms with Crippen LogP contribution in [0.1, 0.15) is 38.1 Å². The summed E-state index contributed by atoms with van der Waals surface area (Å²) in [5.74, 6) is 1.62. The van der Waals surface area contributed by atoms with Crippen molar-refractivity contribution in [2.45, 2.75) is 44.8 Å². The molecule has 1 aromatic heterocycles. The second kappa shape index (κ2) is 4.34. The van der Waals surface area contributed by atoms with Gasteiger partial charge < -0.3 is 5.73 Å². The zero-order valence-corrected chi connectivity index (χ0v) is 10.3. The summed E-state index contributed by atoms with van der Waals surface area (Å²) in [6.07, 6.45) is 3.61. The molecule has 6 heteroatoms. The Hall–Kier alpha value is -1.01. The Morgan fingerprint density at radius 2 is 2.18 bits per heavy atom. The van der Waals surface area contributed by atoms with Crippen LogP contribution in [0.5, 0.6) is 0 Å². The van der Waals surface area contributed by atoms with Gasteiger partial charge >= 0.3 is 0 Å². The lowest BCUT2D eigenvalue weighted by molar-refractivity contribution is 0.156. The van der Waals surface area contributed by atoms with Gasteiger partial charge in [0.2, 0.25) is 0 Å². The van der Waals surface area contributed by atoms with Crippen molar-refractivity contribution < 1.29 is 0 Å². The molecule has 2 unspecified atom stereocenters. The highest BCUT2D eigenvalue weighted by molar-refractivity contribution is 4.92. The van der Waals surface area contributed by atoms with Crippen LogP contribution in [0, 0.1) is 5.92 Å². The molecule has 1 saturated carbocycles. The van der Waals surface area contributed by atoms with Crippen molar-refractivity contribution in [1.29, 1.82) is 0 Å². The number of nitrogens with zero attached hydrogens (tertiary/aromatic N) is 5. The summed E-state index contributed by atoms with van der Waals surface area (Å²) in [4.78, 5) is 2.37. The largest absolute Gasteiger partial charge is 0.326 e. The maximum atomic E-state index is 6.11. The fraction of sp³-hybridized carbons (Fsp3) is 0.909. The summed E-state index contributed by atoms with van der Waals surface area (Å²) in [7, 11) is 0. The minimum atomic E-state index is 0.286. The van der Waals surface area contributed by atoms with E-state index < -0.39 is 0 Å². The molecule has 1 aromatic rings. The standard InChI is InChI=1S/C11H20N6/c1-8-4-5-16(6-10(8)12)7-11-13-14-15-17(11)9-2-3-9/h8-10H,2-7,12H2,1H3. The van der Waals surface area contributed by atoms with Crippen molar-refractivity contribution in [2.24, 2.45) is 11.7 Å². The van der Waals surface area contributed by atoms with Gasteiger partial charge in [-0.25, -0.2) is 4.68 Å². The third kappa shape index (κ3) is 2.32. The van der Waals surface area contributed by atoms with Crippen molar-refractivity contribution >= 4 is 0 Å². The zero-order valence-electron chi connectivity index (χ0n) is 10.3. The van der Waals surface area contributed by atoms with E-state index in [2.05, 4.69) is 27.3 Å². The third-order valence-electron chi connectivity index (χ3n) is 3.92. The van der Waals surface area contributed by atoms with E-state index in [1.807, 2.05) is 4.68 Å². The molecule has 94 valence electrons. The molecule has 2 fully saturated rings. The second-order valence-electron chi connectivity index (χ2n) is 5.44. The Bertz CT molecular complexity index is 385. The quantitative estimate of drug-likeness (QED) is 0.810. The highest BCUT2D eigenvalue weighted by Gasteiger charge is 2.29. The van der Waals surface area contributed by atoms with E-state index in [0.717, 1.165) is 25.5 Å². The Labute approximate surface area is 101 Å². The number of hydrogen-bond acceptors (Lipinski definition) is 5. The molecular weight excluding hydrogens is 216 g/mol. The first kappa shape index (κ1) is 11.1. The molecule has 2 aliphatic rings. The predicted octanol–water partition coefficient (Wildman–Crippen LogP) is 0.177. The first-order valence-electron chi connectivity index (χ1n) is 6.48. The molecule has 1 aliphatic carbocycles. The molecule has 0 spiro atoms. The Morgan fingerprint density at radius 1 is 1.35 bits per heavy atom. The highest BCUT2D eigenvalue weighted by Crippen LogP contribution is 2.34. The van der Waals surface area contributed by atoms with Gasteiger partial charge in [0, 0.05) is 12.6 Å². The number of piperidine rings is 1. The van der Waals surface area contributed by atoms with Crippen LogP contribution in [-0.2, 0) is 6.54 Å². The molecule has 1 saturated heterocycles. The van der Waals surface area contributed by atoms with Gasteiger partial charge in [0.25, 0.3) is 0 Å². The fourth-order valence-electron chi connectivity index (χ4n) is 2.43. The van der Waals surface area contributed by atoms with Gasteiger partial charge in [0.15, 0.2) is 5.82 Å². The maximum absolute atomic E-state index is 6.11. The molecule has 0 bridgehead atoms. The van der Waals surface area contributed by atoms with E-state index >= 15 is 0 Å². The number of nitrogens with two attached hydrogens (primary N) is 1. The lowest BCUT2D eigenvalue weighted by Gasteiger charge is -2.34. The van der Waals surface area contributed by atoms with E-state index in [4.69, 9.17) is 5.73 Å². The van der Waals surface area contributed by atoms with E-state index in [-0.39, 0.29) is 6.04 Å². The van der Waals surface area contributed by atoms with Gasteiger partial charge in [-0.1, -0.05) is 6.92 Å². The van der Waals surface area contributed by atoms with Crippen LogP contribution < -0.4 is 5.73 Å². The number of rotatable bonds is 3. The van der Waals surface area contributed by atoms with Gasteiger partial charge in [-0.2, -0.15) is 0 Å². The van der Waals surface area contributed by atoms with Crippen molar-refractivity contribution in [3.05, 3.63) is 5.82 Å². The monoisotopic (exact) mass is 236 g/mol. The average molecular weight is 236 g/mol. The van der Waals surface area contributed by atoms with Crippen molar-refractivity contribution in [1.82, 2.24) is 25.1 Å². The molecular formula is C11H20N6. The fourth-order valence-corrected chi connectivity index (χ4v) is 2.43. The van der Waals surface area contributed by atoms with Crippen molar-refractivity contribution in [3.63, 3.8) is 0 Å². The van der Waals surface area contributed by atoms with E-state index in [9.17, 15) is 0 Å². The van der Waals surface area contributed by atoms with Crippen LogP contribution in [0.25, 0.3) is 0 Å². The Morgan fingerprint density at radius 3 is 2.88 bits per heavy atom. The molecule has 0 radical (unpaired) electrons. The topological polar surface area (TPSA) is 72.9 Å². The second-order valence-corrected chi connectivity index (χ2v) is 5.44. The minimum absolute atomic E-state index is 0.286. The average Bonchev–Trinajstić information content (AvgIpc) is 3.05. The Kier molecular flexibility index (Phi) is 2.84. The van der Waals surface area contributed by atoms with Gasteiger partial charge in [0.1, 0.15) is 0 Å². The molecule has 3 rings (SSSR count). The van der Waals surface area contributed by atoms with E-state index in [1.165, 1.54) is 19.3 Å². The molecule has 1 aliphatic heterocycles. The zero-order chi connectivity index (χ0) is 11.8. The van der Waals surface area contributed by atoms with Crippen LogP contribution in [0.3, 0.4) is 0 Å². The predicted molar refractivity (Wildman–Crippen MR) is 63.1 cm³/mol. The summed E-state index contributed by atoms with van der Waals surface area (Å²) in [5, 5.41) is 12.0. The third-order valence-corrected chi connectivity index (χ3v) is 3.92. The van der Waals surface area contributed by atoms with Gasteiger partial charge in [-0.05, 0) is 42.2 Å². The van der Waals surface area contributed by atoms with E-state index in [0.29, 0.717) is 12.0 Å². The van der Waals surface area contributed by atoms with E-state index in [1.54, 1.807) is 0 Å². The number of hydrogen-bond donors (Lipinski definition) is 1. The number of aromatic nitrogens is 4. The Balaban J connectivity index is 1.64. The summed E-state index contributed by atoms with van der Waals surface area (Å²) in [6.45, 7) is 5.13. The SMILES string of the molecule is CC1CCN(Cc2nnnn2C2CC2)CC1N. The summed E-state index contributed by atoms with van der Waals surface area (Å²) < 4.78 is 1.99. The number of likely N-dealkylation sites (tertiary alicyclic amines) is 1. The summed E-state index contributed by atoms with van der Waals surface area (Å²) in [6, 6.07) is 0.839. The molecule has 2 N–H and O–H groups in total. The molecule has 2 heterocycles. The smallest absolute Gasteiger partial charge is 0.165 e. The lowest BCUT2D eigenvalue weighted by Crippen LogP contribution is -2.47. The molecule has 0 aromatic carbocycles. The molecule has 2 atom stereocenters. The molecule has 6 nitrogen and oxygen atoms in total. The summed E-state index contributed by atoms with van der Waals surface area (Å²) >= 11 is 0. The summed E-state index contributed by atoms with van der Waals surface area (Å²) in [5.41, 5.74) is 6.11. The first-order chi connectivity index (χ1) is 8.24. The van der Waals surface area contributed by atoms with Crippen LogP contribution >= 0.6 is 0 Å². The van der Waals surface area contributed by atoms with Crippen LogP contribution in [0.2, 0.25) is 0 Å². The van der Waals surface area contributed by atoms with Crippen LogP contribution in [0.15, 0.2) is 0 Å². The first-order valence-corrected chi connectivity index (χ1v) is 6.48. The minimum Gasteiger partial charge on any atom is -0.326 e. The van der Waals surface area contributed by atoms with Gasteiger partial charge in [-0.3, -0.25) is 4.90 Å². The molecule has 17 heavy (non-hydrogen) atoms. The maximum Gasteiger partial charge on any atom is 0.165 e. The van der Waals surface area contributed by atoms with Gasteiger partial charge in [0.05, 0.1) is 12.6 Å². The van der Waals surface area contributed by atoms with Crippen LogP contribution in [-0.4, -0.2) is 44.2 Å². The molecule has 0 amide bonds. The normalized spacial score (nSPS) is 30.7.